The standard InChI is InChI=1S/C10H11O2.Na/c1-7-4-10(12-6-11)5-8(2)9(7)3;/h4-6H,3H2,1-2H3;. The van der Waals surface area contributed by atoms with Gasteiger partial charge in [-0.15, -0.1) is 0 Å². The number of ether oxygens (including phenoxy) is 1. The van der Waals surface area contributed by atoms with E-state index in [0.717, 1.165) is 31.6 Å². The molecule has 0 heterocycles. The van der Waals surface area contributed by atoms with Crippen molar-refractivity contribution < 1.29 is 9.53 Å². The molecule has 0 aromatic heterocycles. The molecule has 0 aliphatic rings. The Morgan fingerprint density at radius 1 is 1.38 bits per heavy atom. The van der Waals surface area contributed by atoms with Crippen molar-refractivity contribution in [2.45, 2.75) is 17.5 Å². The maximum atomic E-state index is 10.1. The van der Waals surface area contributed by atoms with E-state index in [-0.39, 0.29) is 0 Å². The Hall–Kier alpha value is -0.310. The molecular formula is C10H11NaO2. The summed E-state index contributed by atoms with van der Waals surface area (Å²) in [5, 5.41) is 0. The van der Waals surface area contributed by atoms with Gasteiger partial charge in [0, 0.05) is 0 Å². The zero-order valence-corrected chi connectivity index (χ0v) is 10.3. The molecule has 2 nitrogen and oxygen atoms in total. The van der Waals surface area contributed by atoms with Crippen LogP contribution in [0.3, 0.4) is 0 Å². The Balaban J connectivity index is 3.12. The molecule has 0 aliphatic heterocycles. The van der Waals surface area contributed by atoms with E-state index in [2.05, 4.69) is 13.8 Å². The van der Waals surface area contributed by atoms with Crippen LogP contribution in [0.2, 0.25) is 0 Å². The Morgan fingerprint density at radius 3 is 2.31 bits per heavy atom. The Bertz CT molecular complexity index is 298. The first-order valence-corrected chi connectivity index (χ1v) is 5.81. The number of benzene rings is 1. The zero-order chi connectivity index (χ0) is 9.84. The van der Waals surface area contributed by atoms with Gasteiger partial charge in [0.15, 0.2) is 0 Å². The second kappa shape index (κ2) is 4.80. The number of rotatable bonds is 3. The maximum absolute atomic E-state index is 10.1. The van der Waals surface area contributed by atoms with Gasteiger partial charge in [-0.25, -0.2) is 0 Å². The van der Waals surface area contributed by atoms with Gasteiger partial charge in [-0.2, -0.15) is 0 Å². The quantitative estimate of drug-likeness (QED) is 0.528. The van der Waals surface area contributed by atoms with Crippen molar-refractivity contribution in [1.29, 1.82) is 0 Å². The van der Waals surface area contributed by atoms with Crippen molar-refractivity contribution in [2.75, 3.05) is 0 Å². The third-order valence-electron chi connectivity index (χ3n) is 2.21. The predicted octanol–water partition coefficient (Wildman–Crippen LogP) is 1.51. The van der Waals surface area contributed by atoms with E-state index < -0.39 is 0 Å². The number of carbonyl (C=O) groups is 1. The molecule has 0 aliphatic carbocycles. The summed E-state index contributed by atoms with van der Waals surface area (Å²) in [5.74, 6) is 0.642. The molecule has 0 spiro atoms. The summed E-state index contributed by atoms with van der Waals surface area (Å²) in [7, 11) is 0. The van der Waals surface area contributed by atoms with Gasteiger partial charge < -0.3 is 0 Å². The van der Waals surface area contributed by atoms with Gasteiger partial charge in [-0.3, -0.25) is 0 Å². The SMILES string of the molecule is Cc1cc(OC=O)cc(C)c1[CH2][Na]. The first kappa shape index (κ1) is 10.8. The van der Waals surface area contributed by atoms with Crippen LogP contribution in [0.5, 0.6) is 5.75 Å². The fraction of sp³-hybridized carbons (Fsp3) is 0.300. The van der Waals surface area contributed by atoms with Crippen molar-refractivity contribution in [3.8, 4) is 5.75 Å². The van der Waals surface area contributed by atoms with E-state index in [1.165, 1.54) is 16.7 Å². The molecule has 64 valence electrons. The molecule has 3 heteroatoms. The van der Waals surface area contributed by atoms with Crippen molar-refractivity contribution in [3.63, 3.8) is 0 Å². The number of hydrogen-bond acceptors (Lipinski definition) is 2. The van der Waals surface area contributed by atoms with Crippen LogP contribution in [0.1, 0.15) is 16.7 Å². The van der Waals surface area contributed by atoms with Gasteiger partial charge in [0.1, 0.15) is 0 Å². The molecule has 0 unspecified atom stereocenters. The van der Waals surface area contributed by atoms with Gasteiger partial charge in [-0.1, -0.05) is 0 Å². The van der Waals surface area contributed by atoms with Crippen LogP contribution in [0.15, 0.2) is 12.1 Å². The summed E-state index contributed by atoms with van der Waals surface area (Å²) in [6.45, 7) is 4.57. The monoisotopic (exact) mass is 186 g/mol. The van der Waals surface area contributed by atoms with E-state index in [4.69, 9.17) is 4.74 Å². The molecule has 0 saturated heterocycles. The molecule has 0 atom stereocenters. The number of aryl methyl sites for hydroxylation is 2. The molecule has 0 N–H and O–H groups in total. The van der Waals surface area contributed by atoms with Crippen LogP contribution in [0, 0.1) is 13.8 Å². The molecule has 1 aromatic carbocycles. The van der Waals surface area contributed by atoms with E-state index in [9.17, 15) is 4.79 Å². The van der Waals surface area contributed by atoms with Crippen LogP contribution < -0.4 is 4.74 Å². The molecule has 13 heavy (non-hydrogen) atoms. The normalized spacial score (nSPS) is 9.85. The van der Waals surface area contributed by atoms with Gasteiger partial charge in [0.2, 0.25) is 0 Å². The number of hydrogen-bond donors (Lipinski definition) is 0. The summed E-state index contributed by atoms with van der Waals surface area (Å²) in [6.07, 6.45) is 0. The molecule has 1 aromatic rings. The van der Waals surface area contributed by atoms with Crippen LogP contribution >= 0.6 is 0 Å². The van der Waals surface area contributed by atoms with Gasteiger partial charge in [-0.05, 0) is 0 Å². The average molecular weight is 186 g/mol. The molecule has 0 amide bonds. The molecule has 1 rings (SSSR count). The molecule has 0 bridgehead atoms. The second-order valence-electron chi connectivity index (χ2n) is 3.10. The van der Waals surface area contributed by atoms with Crippen molar-refractivity contribution in [3.05, 3.63) is 28.8 Å². The Labute approximate surface area is 95.7 Å². The summed E-state index contributed by atoms with van der Waals surface area (Å²) in [6, 6.07) is 3.82. The van der Waals surface area contributed by atoms with E-state index in [1.54, 1.807) is 0 Å². The minimum atomic E-state index is 0.467. The van der Waals surface area contributed by atoms with Gasteiger partial charge in [0.25, 0.3) is 0 Å². The second-order valence-corrected chi connectivity index (χ2v) is 3.81. The van der Waals surface area contributed by atoms with E-state index in [1.807, 2.05) is 12.1 Å². The summed E-state index contributed by atoms with van der Waals surface area (Å²) < 4.78 is 5.95. The molecular weight excluding hydrogens is 175 g/mol. The summed E-state index contributed by atoms with van der Waals surface area (Å²) in [4.78, 5) is 10.1. The van der Waals surface area contributed by atoms with Crippen LogP contribution in [0.25, 0.3) is 0 Å². The van der Waals surface area contributed by atoms with Crippen LogP contribution in [0.4, 0.5) is 0 Å². The zero-order valence-electron chi connectivity index (χ0n) is 8.26. The van der Waals surface area contributed by atoms with E-state index >= 15 is 0 Å². The number of carbonyl (C=O) groups excluding carboxylic acids is 1. The van der Waals surface area contributed by atoms with Crippen molar-refractivity contribution >= 4 is 34.4 Å². The average Bonchev–Trinajstić information content (AvgIpc) is 2.04. The third-order valence-corrected chi connectivity index (χ3v) is 2.91. The topological polar surface area (TPSA) is 26.3 Å². The molecule has 0 fully saturated rings. The van der Waals surface area contributed by atoms with Crippen molar-refractivity contribution in [1.82, 2.24) is 0 Å². The predicted molar refractivity (Wildman–Crippen MR) is 52.1 cm³/mol. The molecule has 0 saturated carbocycles. The molecule has 0 radical (unpaired) electrons. The van der Waals surface area contributed by atoms with Gasteiger partial charge >= 0.3 is 96.0 Å². The summed E-state index contributed by atoms with van der Waals surface area (Å²) in [5.41, 5.74) is 3.82. The van der Waals surface area contributed by atoms with E-state index in [0.29, 0.717) is 12.2 Å². The third kappa shape index (κ3) is 2.56. The van der Waals surface area contributed by atoms with Gasteiger partial charge in [0.05, 0.1) is 0 Å². The fourth-order valence-corrected chi connectivity index (χ4v) is 2.75. The summed E-state index contributed by atoms with van der Waals surface area (Å²) >= 11 is 1.16. The van der Waals surface area contributed by atoms with Crippen LogP contribution in [-0.2, 0) is 8.46 Å². The van der Waals surface area contributed by atoms with Crippen molar-refractivity contribution in [2.24, 2.45) is 0 Å². The minimum absolute atomic E-state index is 0.467. The first-order valence-electron chi connectivity index (χ1n) is 4.39. The first-order chi connectivity index (χ1) is 6.19. The fourth-order valence-electron chi connectivity index (χ4n) is 1.63. The Morgan fingerprint density at radius 2 is 1.92 bits per heavy atom. The van der Waals surface area contributed by atoms with Crippen LogP contribution in [-0.4, -0.2) is 34.4 Å². The Kier molecular flexibility index (Phi) is 3.97.